The van der Waals surface area contributed by atoms with Gasteiger partial charge in [0.1, 0.15) is 0 Å². The maximum atomic E-state index is 4.50. The van der Waals surface area contributed by atoms with Gasteiger partial charge in [0.15, 0.2) is 0 Å². The topological polar surface area (TPSA) is 58.5 Å². The Balaban J connectivity index is 1.99. The van der Waals surface area contributed by atoms with Gasteiger partial charge in [0, 0.05) is 30.4 Å². The van der Waals surface area contributed by atoms with Gasteiger partial charge in [-0.3, -0.25) is 4.68 Å². The fourth-order valence-corrected chi connectivity index (χ4v) is 2.52. The summed E-state index contributed by atoms with van der Waals surface area (Å²) in [6.45, 7) is 7.48. The van der Waals surface area contributed by atoms with E-state index in [4.69, 9.17) is 0 Å². The van der Waals surface area contributed by atoms with Crippen molar-refractivity contribution in [2.45, 2.75) is 25.9 Å². The van der Waals surface area contributed by atoms with E-state index in [2.05, 4.69) is 33.2 Å². The highest BCUT2D eigenvalue weighted by Crippen LogP contribution is 2.27. The summed E-state index contributed by atoms with van der Waals surface area (Å²) in [6, 6.07) is 0.151. The molecular formula is C13H17N5. The zero-order valence-electron chi connectivity index (χ0n) is 10.5. The number of aryl methyl sites for hydroxylation is 1. The van der Waals surface area contributed by atoms with Gasteiger partial charge in [-0.1, -0.05) is 6.08 Å². The summed E-state index contributed by atoms with van der Waals surface area (Å²) in [5.74, 6) is 0. The highest BCUT2D eigenvalue weighted by atomic mass is 15.3. The number of fused-ring (bicyclic) bond motifs is 1. The maximum Gasteiger partial charge on any atom is 0.0926 e. The first-order chi connectivity index (χ1) is 8.79. The average molecular weight is 243 g/mol. The van der Waals surface area contributed by atoms with Crippen LogP contribution in [0.2, 0.25) is 0 Å². The zero-order chi connectivity index (χ0) is 12.5. The van der Waals surface area contributed by atoms with Crippen LogP contribution in [0.3, 0.4) is 0 Å². The molecule has 0 aromatic carbocycles. The van der Waals surface area contributed by atoms with Gasteiger partial charge in [0.05, 0.1) is 30.3 Å². The third-order valence-electron chi connectivity index (χ3n) is 3.36. The Morgan fingerprint density at radius 1 is 1.61 bits per heavy atom. The molecule has 2 aromatic rings. The van der Waals surface area contributed by atoms with Crippen molar-refractivity contribution in [3.8, 4) is 0 Å². The van der Waals surface area contributed by atoms with E-state index < -0.39 is 0 Å². The van der Waals surface area contributed by atoms with E-state index in [1.807, 2.05) is 17.7 Å². The third-order valence-corrected chi connectivity index (χ3v) is 3.36. The van der Waals surface area contributed by atoms with Crippen LogP contribution in [-0.2, 0) is 13.0 Å². The van der Waals surface area contributed by atoms with E-state index in [0.717, 1.165) is 30.9 Å². The van der Waals surface area contributed by atoms with Crippen LogP contribution in [-0.4, -0.2) is 26.3 Å². The standard InChI is InChI=1S/C13H17N5/c1-3-6-18-7-10(9(2)17-18)12-13-11(4-5-14-12)15-8-16-13/h3,7-8,12,14H,1,4-6H2,2H3,(H,15,16)/t12-/m0/s1. The van der Waals surface area contributed by atoms with Crippen LogP contribution in [0, 0.1) is 6.92 Å². The summed E-state index contributed by atoms with van der Waals surface area (Å²) in [6.07, 6.45) is 6.71. The van der Waals surface area contributed by atoms with Crippen molar-refractivity contribution in [1.29, 1.82) is 0 Å². The quantitative estimate of drug-likeness (QED) is 0.800. The van der Waals surface area contributed by atoms with E-state index in [1.54, 1.807) is 6.33 Å². The van der Waals surface area contributed by atoms with Crippen LogP contribution in [0.25, 0.3) is 0 Å². The van der Waals surface area contributed by atoms with E-state index in [0.29, 0.717) is 0 Å². The molecule has 18 heavy (non-hydrogen) atoms. The van der Waals surface area contributed by atoms with Crippen molar-refractivity contribution in [2.75, 3.05) is 6.54 Å². The first-order valence-electron chi connectivity index (χ1n) is 6.20. The number of imidazole rings is 1. The van der Waals surface area contributed by atoms with Crippen LogP contribution in [0.4, 0.5) is 0 Å². The number of hydrogen-bond acceptors (Lipinski definition) is 3. The van der Waals surface area contributed by atoms with E-state index in [-0.39, 0.29) is 6.04 Å². The molecule has 0 aliphatic carbocycles. The van der Waals surface area contributed by atoms with Crippen molar-refractivity contribution in [1.82, 2.24) is 25.1 Å². The largest absolute Gasteiger partial charge is 0.348 e. The SMILES string of the molecule is C=CCn1cc([C@@H]2NCCc3[nH]cnc32)c(C)n1. The summed E-state index contributed by atoms with van der Waals surface area (Å²) in [5, 5.41) is 8.01. The third kappa shape index (κ3) is 1.76. The van der Waals surface area contributed by atoms with Crippen molar-refractivity contribution in [3.05, 3.63) is 47.8 Å². The van der Waals surface area contributed by atoms with Crippen molar-refractivity contribution in [2.24, 2.45) is 0 Å². The molecule has 0 amide bonds. The molecule has 0 bridgehead atoms. The van der Waals surface area contributed by atoms with Crippen molar-refractivity contribution < 1.29 is 0 Å². The lowest BCUT2D eigenvalue weighted by Gasteiger charge is -2.22. The molecule has 0 spiro atoms. The number of rotatable bonds is 3. The Bertz CT molecular complexity index is 566. The number of H-pyrrole nitrogens is 1. The molecule has 5 heteroatoms. The Labute approximate surface area is 106 Å². The Morgan fingerprint density at radius 2 is 2.50 bits per heavy atom. The Kier molecular flexibility index (Phi) is 2.76. The normalized spacial score (nSPS) is 18.6. The molecule has 2 N–H and O–H groups in total. The van der Waals surface area contributed by atoms with Crippen molar-refractivity contribution in [3.63, 3.8) is 0 Å². The summed E-state index contributed by atoms with van der Waals surface area (Å²) < 4.78 is 1.92. The number of nitrogens with one attached hydrogen (secondary N) is 2. The molecule has 0 unspecified atom stereocenters. The molecule has 0 fully saturated rings. The van der Waals surface area contributed by atoms with E-state index >= 15 is 0 Å². The van der Waals surface area contributed by atoms with Gasteiger partial charge in [0.2, 0.25) is 0 Å². The Morgan fingerprint density at radius 3 is 3.33 bits per heavy atom. The summed E-state index contributed by atoms with van der Waals surface area (Å²) in [4.78, 5) is 7.65. The lowest BCUT2D eigenvalue weighted by Crippen LogP contribution is -2.30. The minimum atomic E-state index is 0.151. The molecule has 94 valence electrons. The average Bonchev–Trinajstić information content (AvgIpc) is 2.95. The molecule has 3 rings (SSSR count). The van der Waals surface area contributed by atoms with Gasteiger partial charge in [0.25, 0.3) is 0 Å². The predicted molar refractivity (Wildman–Crippen MR) is 69.3 cm³/mol. The molecule has 1 aliphatic heterocycles. The van der Waals surface area contributed by atoms with Gasteiger partial charge >= 0.3 is 0 Å². The Hall–Kier alpha value is -1.88. The molecule has 0 saturated carbocycles. The smallest absolute Gasteiger partial charge is 0.0926 e. The second-order valence-corrected chi connectivity index (χ2v) is 4.58. The van der Waals surface area contributed by atoms with Gasteiger partial charge in [-0.25, -0.2) is 4.98 Å². The highest BCUT2D eigenvalue weighted by molar-refractivity contribution is 5.33. The van der Waals surface area contributed by atoms with Crippen LogP contribution in [0.15, 0.2) is 25.2 Å². The zero-order valence-corrected chi connectivity index (χ0v) is 10.5. The van der Waals surface area contributed by atoms with Crippen LogP contribution in [0.1, 0.15) is 28.7 Å². The minimum Gasteiger partial charge on any atom is -0.348 e. The number of aromatic nitrogens is 4. The molecule has 1 aliphatic rings. The lowest BCUT2D eigenvalue weighted by molar-refractivity contribution is 0.551. The minimum absolute atomic E-state index is 0.151. The lowest BCUT2D eigenvalue weighted by atomic mass is 9.99. The van der Waals surface area contributed by atoms with E-state index in [1.165, 1.54) is 11.3 Å². The fraction of sp³-hybridized carbons (Fsp3) is 0.385. The molecule has 3 heterocycles. The fourth-order valence-electron chi connectivity index (χ4n) is 2.52. The van der Waals surface area contributed by atoms with E-state index in [9.17, 15) is 0 Å². The monoisotopic (exact) mass is 243 g/mol. The second kappa shape index (κ2) is 4.42. The number of hydrogen-bond donors (Lipinski definition) is 2. The second-order valence-electron chi connectivity index (χ2n) is 4.58. The molecule has 0 saturated heterocycles. The number of allylic oxidation sites excluding steroid dienone is 1. The van der Waals surface area contributed by atoms with Gasteiger partial charge < -0.3 is 10.3 Å². The number of aromatic amines is 1. The predicted octanol–water partition coefficient (Wildman–Crippen LogP) is 1.34. The van der Waals surface area contributed by atoms with Crippen molar-refractivity contribution >= 4 is 0 Å². The first kappa shape index (κ1) is 11.2. The van der Waals surface area contributed by atoms with Gasteiger partial charge in [-0.05, 0) is 6.92 Å². The first-order valence-corrected chi connectivity index (χ1v) is 6.20. The van der Waals surface area contributed by atoms with Crippen LogP contribution in [0.5, 0.6) is 0 Å². The molecular weight excluding hydrogens is 226 g/mol. The summed E-state index contributed by atoms with van der Waals surface area (Å²) in [5.41, 5.74) is 4.58. The number of nitrogens with zero attached hydrogens (tertiary/aromatic N) is 3. The maximum absolute atomic E-state index is 4.50. The van der Waals surface area contributed by atoms with Crippen LogP contribution >= 0.6 is 0 Å². The molecule has 5 nitrogen and oxygen atoms in total. The van der Waals surface area contributed by atoms with Gasteiger partial charge in [-0.15, -0.1) is 6.58 Å². The molecule has 1 atom stereocenters. The summed E-state index contributed by atoms with van der Waals surface area (Å²) in [7, 11) is 0. The summed E-state index contributed by atoms with van der Waals surface area (Å²) >= 11 is 0. The molecule has 0 radical (unpaired) electrons. The highest BCUT2D eigenvalue weighted by Gasteiger charge is 2.26. The molecule has 2 aromatic heterocycles. The van der Waals surface area contributed by atoms with Gasteiger partial charge in [-0.2, -0.15) is 5.10 Å². The van der Waals surface area contributed by atoms with Crippen LogP contribution < -0.4 is 5.32 Å².